The first-order chi connectivity index (χ1) is 15.7. The van der Waals surface area contributed by atoms with Gasteiger partial charge in [0.05, 0.1) is 0 Å². The molecule has 7 nitrogen and oxygen atoms in total. The van der Waals surface area contributed by atoms with Gasteiger partial charge in [0, 0.05) is 57.1 Å². The van der Waals surface area contributed by atoms with Crippen molar-refractivity contribution in [3.63, 3.8) is 0 Å². The lowest BCUT2D eigenvalue weighted by atomic mass is 9.81. The molecule has 0 amide bonds. The molecular formula is C25H33N5O2. The number of piperidine rings is 1. The van der Waals surface area contributed by atoms with Crippen LogP contribution in [0.2, 0.25) is 0 Å². The van der Waals surface area contributed by atoms with Crippen molar-refractivity contribution in [3.8, 4) is 5.75 Å². The van der Waals surface area contributed by atoms with E-state index in [0.29, 0.717) is 0 Å². The number of rotatable bonds is 3. The number of anilines is 2. The number of ether oxygens (including phenoxy) is 1. The number of hydrogen-bond acceptors (Lipinski definition) is 6. The van der Waals surface area contributed by atoms with Gasteiger partial charge in [-0.2, -0.15) is 5.10 Å². The van der Waals surface area contributed by atoms with E-state index in [9.17, 15) is 4.79 Å². The molecule has 0 unspecified atom stereocenters. The summed E-state index contributed by atoms with van der Waals surface area (Å²) in [5.74, 6) is 1.95. The molecule has 32 heavy (non-hydrogen) atoms. The Balaban J connectivity index is 1.08. The van der Waals surface area contributed by atoms with Crippen LogP contribution in [0.15, 0.2) is 35.1 Å². The Kier molecular flexibility index (Phi) is 5.09. The molecule has 2 saturated heterocycles. The number of aromatic nitrogens is 2. The van der Waals surface area contributed by atoms with Crippen molar-refractivity contribution < 1.29 is 4.74 Å². The van der Waals surface area contributed by atoms with Gasteiger partial charge >= 0.3 is 0 Å². The van der Waals surface area contributed by atoms with E-state index >= 15 is 0 Å². The number of aromatic amines is 1. The van der Waals surface area contributed by atoms with Crippen molar-refractivity contribution in [2.45, 2.75) is 56.6 Å². The summed E-state index contributed by atoms with van der Waals surface area (Å²) in [6, 6.07) is 11.0. The van der Waals surface area contributed by atoms with Crippen LogP contribution in [0.5, 0.6) is 5.75 Å². The van der Waals surface area contributed by atoms with Crippen LogP contribution < -0.4 is 20.1 Å². The van der Waals surface area contributed by atoms with Crippen LogP contribution in [0.4, 0.5) is 11.5 Å². The van der Waals surface area contributed by atoms with E-state index in [0.717, 1.165) is 56.6 Å². The molecule has 1 spiro atoms. The fraction of sp³-hybridized carbons (Fsp3) is 0.600. The summed E-state index contributed by atoms with van der Waals surface area (Å²) >= 11 is 0. The number of fused-ring (bicyclic) bond motifs is 1. The quantitative estimate of drug-likeness (QED) is 0.800. The van der Waals surface area contributed by atoms with E-state index in [-0.39, 0.29) is 11.2 Å². The highest BCUT2D eigenvalue weighted by molar-refractivity contribution is 5.55. The highest BCUT2D eigenvalue weighted by atomic mass is 16.5. The summed E-state index contributed by atoms with van der Waals surface area (Å²) in [4.78, 5) is 18.6. The van der Waals surface area contributed by atoms with Gasteiger partial charge in [0.25, 0.3) is 5.56 Å². The molecule has 1 aromatic heterocycles. The first kappa shape index (κ1) is 20.1. The monoisotopic (exact) mass is 435 g/mol. The van der Waals surface area contributed by atoms with E-state index in [1.807, 2.05) is 0 Å². The van der Waals surface area contributed by atoms with Crippen LogP contribution in [0, 0.1) is 0 Å². The molecule has 3 aliphatic heterocycles. The van der Waals surface area contributed by atoms with Crippen molar-refractivity contribution in [2.24, 2.45) is 0 Å². The molecule has 0 radical (unpaired) electrons. The number of hydrogen-bond donors (Lipinski definition) is 1. The van der Waals surface area contributed by atoms with Gasteiger partial charge in [0.1, 0.15) is 17.2 Å². The van der Waals surface area contributed by atoms with Gasteiger partial charge in [-0.05, 0) is 68.4 Å². The fourth-order valence-electron chi connectivity index (χ4n) is 5.81. The molecule has 4 aliphatic rings. The molecule has 2 aromatic rings. The molecule has 0 atom stereocenters. The number of nitrogens with one attached hydrogen (secondary N) is 1. The normalized spacial score (nSPS) is 23.5. The first-order valence-electron chi connectivity index (χ1n) is 12.3. The highest BCUT2D eigenvalue weighted by Crippen LogP contribution is 2.42. The molecule has 1 N–H and O–H groups in total. The van der Waals surface area contributed by atoms with E-state index < -0.39 is 0 Å². The van der Waals surface area contributed by atoms with Crippen molar-refractivity contribution >= 4 is 11.5 Å². The van der Waals surface area contributed by atoms with E-state index in [4.69, 9.17) is 4.74 Å². The minimum atomic E-state index is -0.158. The number of aryl methyl sites for hydroxylation is 1. The Labute approximate surface area is 189 Å². The third-order valence-corrected chi connectivity index (χ3v) is 8.15. The highest BCUT2D eigenvalue weighted by Gasteiger charge is 2.41. The number of likely N-dealkylation sites (tertiary alicyclic amines) is 1. The van der Waals surface area contributed by atoms with Crippen LogP contribution >= 0.6 is 0 Å². The first-order valence-corrected chi connectivity index (χ1v) is 12.3. The largest absolute Gasteiger partial charge is 0.487 e. The van der Waals surface area contributed by atoms with Crippen LogP contribution in [-0.4, -0.2) is 66.0 Å². The van der Waals surface area contributed by atoms with Gasteiger partial charge in [0.15, 0.2) is 0 Å². The molecule has 6 rings (SSSR count). The summed E-state index contributed by atoms with van der Waals surface area (Å²) in [7, 11) is 0. The third kappa shape index (κ3) is 3.76. The predicted octanol–water partition coefficient (Wildman–Crippen LogP) is 2.81. The molecule has 4 heterocycles. The maximum Gasteiger partial charge on any atom is 0.264 e. The third-order valence-electron chi connectivity index (χ3n) is 8.15. The van der Waals surface area contributed by atoms with Crippen LogP contribution in [0.3, 0.4) is 0 Å². The summed E-state index contributed by atoms with van der Waals surface area (Å²) in [6.07, 6.45) is 8.82. The molecule has 0 bridgehead atoms. The average molecular weight is 436 g/mol. The van der Waals surface area contributed by atoms with Crippen molar-refractivity contribution in [1.82, 2.24) is 15.1 Å². The smallest absolute Gasteiger partial charge is 0.264 e. The van der Waals surface area contributed by atoms with Crippen molar-refractivity contribution in [3.05, 3.63) is 46.2 Å². The fourth-order valence-corrected chi connectivity index (χ4v) is 5.81. The second-order valence-corrected chi connectivity index (χ2v) is 9.95. The Hall–Kier alpha value is -2.54. The van der Waals surface area contributed by atoms with Crippen LogP contribution in [-0.2, 0) is 6.42 Å². The van der Waals surface area contributed by atoms with Crippen molar-refractivity contribution in [2.75, 3.05) is 49.1 Å². The molecule has 7 heteroatoms. The van der Waals surface area contributed by atoms with Crippen LogP contribution in [0.1, 0.15) is 44.1 Å². The van der Waals surface area contributed by atoms with Crippen molar-refractivity contribution in [1.29, 1.82) is 0 Å². The van der Waals surface area contributed by atoms with Gasteiger partial charge in [-0.3, -0.25) is 4.79 Å². The predicted molar refractivity (Wildman–Crippen MR) is 126 cm³/mol. The summed E-state index contributed by atoms with van der Waals surface area (Å²) in [5, 5.41) is 6.71. The Bertz CT molecular complexity index is 997. The zero-order chi connectivity index (χ0) is 21.5. The second-order valence-electron chi connectivity index (χ2n) is 9.95. The van der Waals surface area contributed by atoms with Gasteiger partial charge in [-0.15, -0.1) is 0 Å². The van der Waals surface area contributed by atoms with Gasteiger partial charge < -0.3 is 19.4 Å². The number of H-pyrrole nitrogens is 1. The standard InChI is InChI=1S/C25H33N5O2/c31-24-7-6-23(26-27-24)30-16-14-29(15-17-30)21-4-5-22-19(18-21)8-9-25(32-22)10-12-28(13-11-25)20-2-1-3-20/h4-7,18,20H,1-3,8-17H2,(H,27,31). The Morgan fingerprint density at radius 1 is 0.938 bits per heavy atom. The topological polar surface area (TPSA) is 64.7 Å². The summed E-state index contributed by atoms with van der Waals surface area (Å²) < 4.78 is 6.68. The summed E-state index contributed by atoms with van der Waals surface area (Å²) in [6.45, 7) is 6.09. The number of nitrogens with zero attached hydrogens (tertiary/aromatic N) is 4. The minimum absolute atomic E-state index is 0.0596. The van der Waals surface area contributed by atoms with Crippen LogP contribution in [0.25, 0.3) is 0 Å². The maximum absolute atomic E-state index is 11.3. The maximum atomic E-state index is 11.3. The zero-order valence-electron chi connectivity index (χ0n) is 18.8. The molecule has 1 saturated carbocycles. The SMILES string of the molecule is O=c1ccc(N2CCN(c3ccc4c(c3)CCC3(CCN(C5CCC5)CC3)O4)CC2)n[nH]1. The average Bonchev–Trinajstić information content (AvgIpc) is 2.80. The zero-order valence-corrected chi connectivity index (χ0v) is 18.8. The number of piperazine rings is 1. The van der Waals surface area contributed by atoms with E-state index in [1.165, 1.54) is 56.4 Å². The Morgan fingerprint density at radius 2 is 1.72 bits per heavy atom. The lowest BCUT2D eigenvalue weighted by Gasteiger charge is -2.48. The molecule has 3 fully saturated rings. The summed E-state index contributed by atoms with van der Waals surface area (Å²) in [5.41, 5.74) is 2.55. The van der Waals surface area contributed by atoms with E-state index in [2.05, 4.69) is 43.1 Å². The van der Waals surface area contributed by atoms with E-state index in [1.54, 1.807) is 12.1 Å². The molecule has 1 aliphatic carbocycles. The minimum Gasteiger partial charge on any atom is -0.487 e. The number of benzene rings is 1. The molecular weight excluding hydrogens is 402 g/mol. The molecule has 1 aromatic carbocycles. The second kappa shape index (κ2) is 8.10. The lowest BCUT2D eigenvalue weighted by Crippen LogP contribution is -2.53. The van der Waals surface area contributed by atoms with Gasteiger partial charge in [-0.1, -0.05) is 6.42 Å². The lowest BCUT2D eigenvalue weighted by molar-refractivity contribution is -0.0336. The molecule has 170 valence electrons. The van der Waals surface area contributed by atoms with Gasteiger partial charge in [-0.25, -0.2) is 5.10 Å². The van der Waals surface area contributed by atoms with Gasteiger partial charge in [0.2, 0.25) is 0 Å². The Morgan fingerprint density at radius 3 is 2.41 bits per heavy atom.